The number of nitrogens with zero attached hydrogens (tertiary/aromatic N) is 2. The Morgan fingerprint density at radius 3 is 2.62 bits per heavy atom. The average Bonchev–Trinajstić information content (AvgIpc) is 2.47. The van der Waals surface area contributed by atoms with E-state index in [1.807, 2.05) is 38.1 Å². The largest absolute Gasteiger partial charge is 0.491 e. The van der Waals surface area contributed by atoms with Gasteiger partial charge in [0, 0.05) is 5.56 Å². The summed E-state index contributed by atoms with van der Waals surface area (Å²) in [6, 6.07) is 8.13. The molecule has 0 amide bonds. The molecule has 4 nitrogen and oxygen atoms in total. The third kappa shape index (κ3) is 4.33. The van der Waals surface area contributed by atoms with E-state index in [0.29, 0.717) is 11.8 Å². The van der Waals surface area contributed by atoms with Crippen LogP contribution < -0.4 is 10.1 Å². The Balaban J connectivity index is 1.94. The predicted octanol–water partition coefficient (Wildman–Crippen LogP) is 3.88. The van der Waals surface area contributed by atoms with E-state index >= 15 is 0 Å². The lowest BCUT2D eigenvalue weighted by atomic mass is 10.2. The Bertz CT molecular complexity index is 587. The van der Waals surface area contributed by atoms with Crippen molar-refractivity contribution in [2.24, 2.45) is 0 Å². The van der Waals surface area contributed by atoms with Gasteiger partial charge in [0.15, 0.2) is 0 Å². The number of aromatic nitrogens is 2. The number of hydrogen-bond acceptors (Lipinski definition) is 4. The molecule has 1 heterocycles. The number of halogens is 1. The summed E-state index contributed by atoms with van der Waals surface area (Å²) in [5.41, 5.74) is 2.15. The van der Waals surface area contributed by atoms with Crippen LogP contribution in [0.1, 0.15) is 25.0 Å². The molecule has 0 spiro atoms. The Morgan fingerprint density at radius 2 is 1.95 bits per heavy atom. The molecule has 21 heavy (non-hydrogen) atoms. The van der Waals surface area contributed by atoms with Crippen LogP contribution in [0.2, 0.25) is 5.15 Å². The van der Waals surface area contributed by atoms with Crippen LogP contribution in [-0.2, 0) is 6.42 Å². The quantitative estimate of drug-likeness (QED) is 0.823. The van der Waals surface area contributed by atoms with Gasteiger partial charge < -0.3 is 10.1 Å². The van der Waals surface area contributed by atoms with Crippen LogP contribution in [-0.4, -0.2) is 22.6 Å². The normalized spacial score (nSPS) is 12.0. The van der Waals surface area contributed by atoms with Gasteiger partial charge in [-0.05, 0) is 32.4 Å². The Hall–Kier alpha value is -1.81. The molecular formula is C16H20ClN3O. The van der Waals surface area contributed by atoms with Crippen molar-refractivity contribution < 1.29 is 4.74 Å². The van der Waals surface area contributed by atoms with E-state index < -0.39 is 0 Å². The Kier molecular flexibility index (Phi) is 5.39. The average molecular weight is 306 g/mol. The fourth-order valence-corrected chi connectivity index (χ4v) is 2.23. The van der Waals surface area contributed by atoms with Crippen LogP contribution in [0.4, 0.5) is 5.82 Å². The molecule has 0 fully saturated rings. The van der Waals surface area contributed by atoms with Gasteiger partial charge in [-0.3, -0.25) is 0 Å². The SMILES string of the molecule is CCc1c(Cl)ncnc1NC(C)COc1ccc(C)cc1. The van der Waals surface area contributed by atoms with Crippen LogP contribution in [0.3, 0.4) is 0 Å². The molecule has 5 heteroatoms. The zero-order valence-electron chi connectivity index (χ0n) is 12.6. The highest BCUT2D eigenvalue weighted by Crippen LogP contribution is 2.21. The maximum absolute atomic E-state index is 6.08. The van der Waals surface area contributed by atoms with Gasteiger partial charge in [-0.1, -0.05) is 36.2 Å². The molecule has 2 rings (SSSR count). The lowest BCUT2D eigenvalue weighted by Gasteiger charge is -2.17. The molecule has 1 aromatic heterocycles. The zero-order chi connectivity index (χ0) is 15.2. The first-order valence-electron chi connectivity index (χ1n) is 7.05. The van der Waals surface area contributed by atoms with E-state index in [2.05, 4.69) is 22.2 Å². The molecule has 0 saturated heterocycles. The third-order valence-corrected chi connectivity index (χ3v) is 3.48. The summed E-state index contributed by atoms with van der Waals surface area (Å²) in [6.07, 6.45) is 2.25. The highest BCUT2D eigenvalue weighted by molar-refractivity contribution is 6.30. The first-order valence-corrected chi connectivity index (χ1v) is 7.43. The summed E-state index contributed by atoms with van der Waals surface area (Å²) < 4.78 is 5.76. The molecule has 1 atom stereocenters. The first-order chi connectivity index (χ1) is 10.1. The monoisotopic (exact) mass is 305 g/mol. The fraction of sp³-hybridized carbons (Fsp3) is 0.375. The van der Waals surface area contributed by atoms with Crippen molar-refractivity contribution in [3.8, 4) is 5.75 Å². The number of anilines is 1. The summed E-state index contributed by atoms with van der Waals surface area (Å²) in [7, 11) is 0. The molecule has 0 aliphatic carbocycles. The molecule has 0 saturated carbocycles. The van der Waals surface area contributed by atoms with Crippen molar-refractivity contribution in [1.82, 2.24) is 9.97 Å². The summed E-state index contributed by atoms with van der Waals surface area (Å²) in [5, 5.41) is 3.82. The van der Waals surface area contributed by atoms with Crippen LogP contribution in [0.5, 0.6) is 5.75 Å². The number of rotatable bonds is 6. The minimum absolute atomic E-state index is 0.113. The van der Waals surface area contributed by atoms with Crippen LogP contribution in [0.25, 0.3) is 0 Å². The summed E-state index contributed by atoms with van der Waals surface area (Å²) >= 11 is 6.08. The molecule has 1 aromatic carbocycles. The highest BCUT2D eigenvalue weighted by Gasteiger charge is 2.11. The van der Waals surface area contributed by atoms with Gasteiger partial charge in [0.1, 0.15) is 29.7 Å². The smallest absolute Gasteiger partial charge is 0.137 e. The molecule has 2 aromatic rings. The topological polar surface area (TPSA) is 47.0 Å². The molecule has 0 aliphatic rings. The Morgan fingerprint density at radius 1 is 1.24 bits per heavy atom. The second kappa shape index (κ2) is 7.27. The van der Waals surface area contributed by atoms with E-state index in [9.17, 15) is 0 Å². The van der Waals surface area contributed by atoms with E-state index in [1.165, 1.54) is 11.9 Å². The number of hydrogen-bond donors (Lipinski definition) is 1. The lowest BCUT2D eigenvalue weighted by molar-refractivity contribution is 0.303. The zero-order valence-corrected chi connectivity index (χ0v) is 13.3. The molecular weight excluding hydrogens is 286 g/mol. The van der Waals surface area contributed by atoms with Gasteiger partial charge in [0.2, 0.25) is 0 Å². The van der Waals surface area contributed by atoms with E-state index in [4.69, 9.17) is 16.3 Å². The predicted molar refractivity (Wildman–Crippen MR) is 86.2 cm³/mol. The van der Waals surface area contributed by atoms with Gasteiger partial charge >= 0.3 is 0 Å². The van der Waals surface area contributed by atoms with Gasteiger partial charge in [-0.15, -0.1) is 0 Å². The van der Waals surface area contributed by atoms with Gasteiger partial charge in [-0.25, -0.2) is 9.97 Å². The first kappa shape index (κ1) is 15.6. The van der Waals surface area contributed by atoms with Crippen LogP contribution in [0, 0.1) is 6.92 Å². The summed E-state index contributed by atoms with van der Waals surface area (Å²) in [4.78, 5) is 8.26. The maximum Gasteiger partial charge on any atom is 0.137 e. The van der Waals surface area contributed by atoms with Crippen molar-refractivity contribution in [3.63, 3.8) is 0 Å². The molecule has 112 valence electrons. The number of ether oxygens (including phenoxy) is 1. The van der Waals surface area contributed by atoms with E-state index in [-0.39, 0.29) is 6.04 Å². The van der Waals surface area contributed by atoms with Crippen molar-refractivity contribution in [2.75, 3.05) is 11.9 Å². The van der Waals surface area contributed by atoms with Crippen molar-refractivity contribution in [1.29, 1.82) is 0 Å². The standard InChI is InChI=1S/C16H20ClN3O/c1-4-14-15(17)18-10-19-16(14)20-12(3)9-21-13-7-5-11(2)6-8-13/h5-8,10,12H,4,9H2,1-3H3,(H,18,19,20). The molecule has 0 bridgehead atoms. The van der Waals surface area contributed by atoms with Crippen molar-refractivity contribution in [2.45, 2.75) is 33.2 Å². The number of benzene rings is 1. The summed E-state index contributed by atoms with van der Waals surface area (Å²) in [5.74, 6) is 1.64. The van der Waals surface area contributed by atoms with Crippen LogP contribution >= 0.6 is 11.6 Å². The molecule has 0 radical (unpaired) electrons. The van der Waals surface area contributed by atoms with Crippen molar-refractivity contribution in [3.05, 3.63) is 46.9 Å². The lowest BCUT2D eigenvalue weighted by Crippen LogP contribution is -2.25. The van der Waals surface area contributed by atoms with Gasteiger partial charge in [-0.2, -0.15) is 0 Å². The molecule has 1 unspecified atom stereocenters. The number of nitrogens with one attached hydrogen (secondary N) is 1. The van der Waals surface area contributed by atoms with E-state index in [1.54, 1.807) is 0 Å². The Labute approximate surface area is 130 Å². The molecule has 1 N–H and O–H groups in total. The third-order valence-electron chi connectivity index (χ3n) is 3.15. The van der Waals surface area contributed by atoms with Gasteiger partial charge in [0.05, 0.1) is 6.04 Å². The molecule has 0 aliphatic heterocycles. The minimum Gasteiger partial charge on any atom is -0.491 e. The highest BCUT2D eigenvalue weighted by atomic mass is 35.5. The van der Waals surface area contributed by atoms with Crippen LogP contribution in [0.15, 0.2) is 30.6 Å². The fourth-order valence-electron chi connectivity index (χ4n) is 1.96. The number of aryl methyl sites for hydroxylation is 1. The minimum atomic E-state index is 0.113. The van der Waals surface area contributed by atoms with Crippen molar-refractivity contribution >= 4 is 17.4 Å². The summed E-state index contributed by atoms with van der Waals surface area (Å²) in [6.45, 7) is 6.68. The second-order valence-electron chi connectivity index (χ2n) is 5.01. The maximum atomic E-state index is 6.08. The van der Waals surface area contributed by atoms with Gasteiger partial charge in [0.25, 0.3) is 0 Å². The second-order valence-corrected chi connectivity index (χ2v) is 5.37. The van der Waals surface area contributed by atoms with E-state index in [0.717, 1.165) is 23.6 Å².